The number of carbonyl (C=O) groups is 1. The van der Waals surface area contributed by atoms with E-state index in [1.165, 1.54) is 11.3 Å². The van der Waals surface area contributed by atoms with Gasteiger partial charge < -0.3 is 15.7 Å². The van der Waals surface area contributed by atoms with E-state index in [9.17, 15) is 4.79 Å². The van der Waals surface area contributed by atoms with Crippen molar-refractivity contribution in [3.63, 3.8) is 0 Å². The minimum absolute atomic E-state index is 0.0219. The quantitative estimate of drug-likeness (QED) is 0.645. The van der Waals surface area contributed by atoms with Crippen LogP contribution in [0.2, 0.25) is 0 Å². The highest BCUT2D eigenvalue weighted by molar-refractivity contribution is 7.12. The van der Waals surface area contributed by atoms with Gasteiger partial charge in [0.15, 0.2) is 0 Å². The van der Waals surface area contributed by atoms with Gasteiger partial charge in [0.2, 0.25) is 0 Å². The monoisotopic (exact) mass is 242 g/mol. The smallest absolute Gasteiger partial charge is 0.261 e. The Morgan fingerprint density at radius 3 is 2.88 bits per heavy atom. The molecule has 0 aliphatic rings. The van der Waals surface area contributed by atoms with Crippen LogP contribution in [0.1, 0.15) is 22.2 Å². The second kappa shape index (κ2) is 6.62. The largest absolute Gasteiger partial charge is 0.392 e. The highest BCUT2D eigenvalue weighted by Crippen LogP contribution is 2.14. The zero-order valence-electron chi connectivity index (χ0n) is 9.62. The summed E-state index contributed by atoms with van der Waals surface area (Å²) < 4.78 is 0. The average molecular weight is 242 g/mol. The minimum Gasteiger partial charge on any atom is -0.392 e. The Balaban J connectivity index is 2.19. The standard InChI is InChI=1S/C11H18N2O2S/c1-8-3-6-16-10(8)11(15)13-5-4-12-7-9(2)14/h3,6,9,12,14H,4-5,7H2,1-2H3,(H,13,15). The SMILES string of the molecule is Cc1ccsc1C(=O)NCCNCC(C)O. The molecule has 1 heterocycles. The molecule has 0 aliphatic carbocycles. The maximum Gasteiger partial charge on any atom is 0.261 e. The van der Waals surface area contributed by atoms with E-state index in [1.807, 2.05) is 18.4 Å². The summed E-state index contributed by atoms with van der Waals surface area (Å²) in [7, 11) is 0. The van der Waals surface area contributed by atoms with Crippen LogP contribution in [0, 0.1) is 6.92 Å². The number of nitrogens with one attached hydrogen (secondary N) is 2. The molecule has 3 N–H and O–H groups in total. The van der Waals surface area contributed by atoms with Gasteiger partial charge in [-0.05, 0) is 30.9 Å². The number of aliphatic hydroxyl groups excluding tert-OH is 1. The van der Waals surface area contributed by atoms with Crippen LogP contribution in [-0.2, 0) is 0 Å². The third kappa shape index (κ3) is 4.30. The van der Waals surface area contributed by atoms with Crippen LogP contribution >= 0.6 is 11.3 Å². The number of aryl methyl sites for hydroxylation is 1. The first-order valence-corrected chi connectivity index (χ1v) is 6.20. The number of amides is 1. The Labute approximate surface area is 99.7 Å². The first kappa shape index (κ1) is 13.2. The lowest BCUT2D eigenvalue weighted by atomic mass is 10.3. The summed E-state index contributed by atoms with van der Waals surface area (Å²) in [6, 6.07) is 1.94. The number of thiophene rings is 1. The summed E-state index contributed by atoms with van der Waals surface area (Å²) in [4.78, 5) is 12.4. The van der Waals surface area contributed by atoms with Gasteiger partial charge in [-0.25, -0.2) is 0 Å². The molecule has 0 radical (unpaired) electrons. The first-order valence-electron chi connectivity index (χ1n) is 5.32. The molecule has 1 amide bonds. The molecule has 0 saturated heterocycles. The molecule has 1 atom stereocenters. The Bertz CT molecular complexity index is 336. The second-order valence-corrected chi connectivity index (χ2v) is 4.66. The van der Waals surface area contributed by atoms with Crippen LogP contribution in [0.25, 0.3) is 0 Å². The molecular weight excluding hydrogens is 224 g/mol. The van der Waals surface area contributed by atoms with E-state index in [0.717, 1.165) is 10.4 Å². The van der Waals surface area contributed by atoms with Gasteiger partial charge in [-0.1, -0.05) is 0 Å². The maximum absolute atomic E-state index is 11.6. The van der Waals surface area contributed by atoms with Gasteiger partial charge in [0.1, 0.15) is 0 Å². The average Bonchev–Trinajstić information content (AvgIpc) is 2.63. The van der Waals surface area contributed by atoms with Gasteiger partial charge in [-0.15, -0.1) is 11.3 Å². The predicted octanol–water partition coefficient (Wildman–Crippen LogP) is 0.757. The first-order chi connectivity index (χ1) is 7.61. The van der Waals surface area contributed by atoms with E-state index in [-0.39, 0.29) is 12.0 Å². The van der Waals surface area contributed by atoms with Crippen LogP contribution in [0.4, 0.5) is 0 Å². The van der Waals surface area contributed by atoms with Crippen molar-refractivity contribution in [3.8, 4) is 0 Å². The van der Waals surface area contributed by atoms with Crippen molar-refractivity contribution >= 4 is 17.2 Å². The van der Waals surface area contributed by atoms with E-state index in [4.69, 9.17) is 5.11 Å². The predicted molar refractivity (Wildman–Crippen MR) is 65.9 cm³/mol. The lowest BCUT2D eigenvalue weighted by molar-refractivity contribution is 0.0957. The van der Waals surface area contributed by atoms with Crippen LogP contribution in [0.15, 0.2) is 11.4 Å². The van der Waals surface area contributed by atoms with Crippen molar-refractivity contribution in [2.75, 3.05) is 19.6 Å². The normalized spacial score (nSPS) is 12.4. The molecule has 1 rings (SSSR count). The summed E-state index contributed by atoms with van der Waals surface area (Å²) in [6.07, 6.45) is -0.352. The van der Waals surface area contributed by atoms with Crippen molar-refractivity contribution in [2.24, 2.45) is 0 Å². The summed E-state index contributed by atoms with van der Waals surface area (Å²) in [5.74, 6) is -0.0219. The molecule has 90 valence electrons. The van der Waals surface area contributed by atoms with Crippen molar-refractivity contribution in [1.29, 1.82) is 0 Å². The van der Waals surface area contributed by atoms with E-state index in [0.29, 0.717) is 19.6 Å². The highest BCUT2D eigenvalue weighted by Gasteiger charge is 2.08. The molecule has 1 aromatic heterocycles. The summed E-state index contributed by atoms with van der Waals surface area (Å²) in [6.45, 7) is 5.44. The summed E-state index contributed by atoms with van der Waals surface area (Å²) >= 11 is 1.45. The highest BCUT2D eigenvalue weighted by atomic mass is 32.1. The molecule has 1 unspecified atom stereocenters. The van der Waals surface area contributed by atoms with Crippen LogP contribution in [0.5, 0.6) is 0 Å². The van der Waals surface area contributed by atoms with Gasteiger partial charge in [0, 0.05) is 19.6 Å². The van der Waals surface area contributed by atoms with Crippen molar-refractivity contribution < 1.29 is 9.90 Å². The van der Waals surface area contributed by atoms with E-state index < -0.39 is 0 Å². The fourth-order valence-electron chi connectivity index (χ4n) is 1.26. The third-order valence-electron chi connectivity index (χ3n) is 2.10. The Hall–Kier alpha value is -0.910. The van der Waals surface area contributed by atoms with Gasteiger partial charge >= 0.3 is 0 Å². The molecule has 0 aliphatic heterocycles. The molecule has 4 nitrogen and oxygen atoms in total. The second-order valence-electron chi connectivity index (χ2n) is 3.74. The van der Waals surface area contributed by atoms with Gasteiger partial charge in [0.05, 0.1) is 11.0 Å². The topological polar surface area (TPSA) is 61.4 Å². The summed E-state index contributed by atoms with van der Waals surface area (Å²) in [5.41, 5.74) is 1.01. The number of aliphatic hydroxyl groups is 1. The van der Waals surface area contributed by atoms with E-state index in [1.54, 1.807) is 6.92 Å². The van der Waals surface area contributed by atoms with Crippen LogP contribution in [0.3, 0.4) is 0 Å². The molecule has 1 aromatic rings. The summed E-state index contributed by atoms with van der Waals surface area (Å²) in [5, 5.41) is 16.8. The van der Waals surface area contributed by atoms with Crippen molar-refractivity contribution in [3.05, 3.63) is 21.9 Å². The molecule has 0 bridgehead atoms. The molecule has 0 saturated carbocycles. The molecule has 0 aromatic carbocycles. The van der Waals surface area contributed by atoms with E-state index in [2.05, 4.69) is 10.6 Å². The van der Waals surface area contributed by atoms with Crippen molar-refractivity contribution in [1.82, 2.24) is 10.6 Å². The zero-order chi connectivity index (χ0) is 12.0. The van der Waals surface area contributed by atoms with E-state index >= 15 is 0 Å². The Morgan fingerprint density at radius 2 is 2.31 bits per heavy atom. The third-order valence-corrected chi connectivity index (χ3v) is 3.11. The van der Waals surface area contributed by atoms with Crippen molar-refractivity contribution in [2.45, 2.75) is 20.0 Å². The number of hydrogen-bond donors (Lipinski definition) is 3. The fraction of sp³-hybridized carbons (Fsp3) is 0.545. The molecule has 5 heteroatoms. The fourth-order valence-corrected chi connectivity index (χ4v) is 2.10. The maximum atomic E-state index is 11.6. The van der Waals surface area contributed by atoms with Gasteiger partial charge in [-0.3, -0.25) is 4.79 Å². The number of carbonyl (C=O) groups excluding carboxylic acids is 1. The minimum atomic E-state index is -0.352. The van der Waals surface area contributed by atoms with Crippen LogP contribution in [-0.4, -0.2) is 36.8 Å². The lowest BCUT2D eigenvalue weighted by Gasteiger charge is -2.07. The lowest BCUT2D eigenvalue weighted by Crippen LogP contribution is -2.34. The number of rotatable bonds is 6. The molecular formula is C11H18N2O2S. The Kier molecular flexibility index (Phi) is 5.45. The number of hydrogen-bond acceptors (Lipinski definition) is 4. The van der Waals surface area contributed by atoms with Crippen LogP contribution < -0.4 is 10.6 Å². The molecule has 0 fully saturated rings. The zero-order valence-corrected chi connectivity index (χ0v) is 10.4. The van der Waals surface area contributed by atoms with Gasteiger partial charge in [-0.2, -0.15) is 0 Å². The molecule has 16 heavy (non-hydrogen) atoms. The Morgan fingerprint density at radius 1 is 1.56 bits per heavy atom. The molecule has 0 spiro atoms. The van der Waals surface area contributed by atoms with Gasteiger partial charge in [0.25, 0.3) is 5.91 Å².